The number of hydrogen-bond acceptors (Lipinski definition) is 6. The molecular weight excluding hydrogens is 973 g/mol. The second-order valence-electron chi connectivity index (χ2n) is 20.5. The van der Waals surface area contributed by atoms with Gasteiger partial charge >= 0.3 is 17.9 Å². The summed E-state index contributed by atoms with van der Waals surface area (Å²) in [4.78, 5) is 38.3. The predicted octanol–water partition coefficient (Wildman–Crippen LogP) is 22.1. The van der Waals surface area contributed by atoms with Crippen LogP contribution in [0.15, 0.2) is 158 Å². The molecule has 6 nitrogen and oxygen atoms in total. The first-order chi connectivity index (χ1) is 39.0. The van der Waals surface area contributed by atoms with Crippen molar-refractivity contribution in [3.63, 3.8) is 0 Å². The number of unbranched alkanes of at least 4 members (excludes halogenated alkanes) is 19. The second-order valence-corrected chi connectivity index (χ2v) is 20.5. The van der Waals surface area contributed by atoms with Crippen LogP contribution in [0.4, 0.5) is 0 Å². The fourth-order valence-electron chi connectivity index (χ4n) is 8.27. The van der Waals surface area contributed by atoms with Crippen molar-refractivity contribution in [2.75, 3.05) is 13.2 Å². The normalized spacial score (nSPS) is 13.2. The number of hydrogen-bond donors (Lipinski definition) is 0. The average molecular weight is 1090 g/mol. The molecule has 0 aliphatic carbocycles. The highest BCUT2D eigenvalue weighted by atomic mass is 16.6. The highest BCUT2D eigenvalue weighted by molar-refractivity contribution is 5.71. The molecule has 0 fully saturated rings. The van der Waals surface area contributed by atoms with E-state index in [0.717, 1.165) is 167 Å². The van der Waals surface area contributed by atoms with Crippen molar-refractivity contribution in [2.45, 2.75) is 271 Å². The Morgan fingerprint density at radius 3 is 0.785 bits per heavy atom. The number of carbonyl (C=O) groups excluding carboxylic acids is 3. The second kappa shape index (κ2) is 65.5. The molecule has 0 saturated carbocycles. The van der Waals surface area contributed by atoms with Gasteiger partial charge in [-0.3, -0.25) is 14.4 Å². The van der Waals surface area contributed by atoms with Crippen LogP contribution in [0.25, 0.3) is 0 Å². The van der Waals surface area contributed by atoms with Crippen molar-refractivity contribution in [2.24, 2.45) is 0 Å². The van der Waals surface area contributed by atoms with E-state index in [1.54, 1.807) is 0 Å². The fourth-order valence-corrected chi connectivity index (χ4v) is 8.27. The van der Waals surface area contributed by atoms with Gasteiger partial charge in [0.15, 0.2) is 6.10 Å². The number of carbonyl (C=O) groups is 3. The number of esters is 3. The molecule has 444 valence electrons. The third-order valence-electron chi connectivity index (χ3n) is 13.0. The summed E-state index contributed by atoms with van der Waals surface area (Å²) in [6, 6.07) is 0. The quantitative estimate of drug-likeness (QED) is 0.0261. The monoisotopic (exact) mass is 1090 g/mol. The van der Waals surface area contributed by atoms with Crippen LogP contribution in [0.1, 0.15) is 265 Å². The zero-order valence-corrected chi connectivity index (χ0v) is 50.8. The maximum atomic E-state index is 12.9. The summed E-state index contributed by atoms with van der Waals surface area (Å²) in [7, 11) is 0. The van der Waals surface area contributed by atoms with Crippen LogP contribution >= 0.6 is 0 Å². The molecule has 0 aliphatic rings. The van der Waals surface area contributed by atoms with Gasteiger partial charge in [0, 0.05) is 19.3 Å². The van der Waals surface area contributed by atoms with Gasteiger partial charge in [0.25, 0.3) is 0 Å². The molecule has 1 atom stereocenters. The standard InChI is InChI=1S/C73H116O6/c1-4-7-10-13-16-19-22-25-28-30-32-34-35-36-37-39-40-42-45-48-51-54-57-60-63-66-72(75)78-69-70(68-77-71(74)65-62-59-56-53-50-47-44-27-24-21-18-15-12-9-6-3)79-73(76)67-64-61-58-55-52-49-46-43-41-38-33-31-29-26-23-20-17-14-11-8-5-2/h7-8,10-11,16-21,25-29,32-34,36-38,40,42,44,48,51,70H,4-6,9,12-15,22-24,30-31,35,39,41,43,45-47,49-50,52-69H2,1-3H3/b10-7-,11-8-,19-16-,20-17-,21-18-,28-25-,29-26-,34-32-,37-36-,38-33-,42-40-,44-27-,51-48-. The highest BCUT2D eigenvalue weighted by Crippen LogP contribution is 2.14. The average Bonchev–Trinajstić information content (AvgIpc) is 3.45. The van der Waals surface area contributed by atoms with Crippen LogP contribution in [-0.4, -0.2) is 37.2 Å². The highest BCUT2D eigenvalue weighted by Gasteiger charge is 2.19. The topological polar surface area (TPSA) is 78.9 Å². The van der Waals surface area contributed by atoms with E-state index in [1.165, 1.54) is 57.8 Å². The molecule has 0 aromatic rings. The van der Waals surface area contributed by atoms with Gasteiger partial charge in [-0.05, 0) is 148 Å². The van der Waals surface area contributed by atoms with Gasteiger partial charge < -0.3 is 14.2 Å². The van der Waals surface area contributed by atoms with E-state index in [9.17, 15) is 14.4 Å². The minimum atomic E-state index is -0.812. The molecule has 0 aromatic carbocycles. The lowest BCUT2D eigenvalue weighted by atomic mass is 10.1. The Balaban J connectivity index is 4.50. The summed E-state index contributed by atoms with van der Waals surface area (Å²) in [5.41, 5.74) is 0. The molecule has 6 heteroatoms. The van der Waals surface area contributed by atoms with Gasteiger partial charge in [-0.25, -0.2) is 0 Å². The molecule has 0 N–H and O–H groups in total. The summed E-state index contributed by atoms with van der Waals surface area (Å²) in [5.74, 6) is -0.963. The van der Waals surface area contributed by atoms with E-state index in [4.69, 9.17) is 14.2 Å². The Morgan fingerprint density at radius 1 is 0.266 bits per heavy atom. The molecule has 0 spiro atoms. The molecule has 0 amide bonds. The first kappa shape index (κ1) is 74.0. The van der Waals surface area contributed by atoms with Crippen LogP contribution < -0.4 is 0 Å². The maximum absolute atomic E-state index is 12.9. The Hall–Kier alpha value is -4.97. The largest absolute Gasteiger partial charge is 0.462 e. The van der Waals surface area contributed by atoms with E-state index in [0.29, 0.717) is 19.3 Å². The summed E-state index contributed by atoms with van der Waals surface area (Å²) >= 11 is 0. The fraction of sp³-hybridized carbons (Fsp3) is 0.603. The number of ether oxygens (including phenoxy) is 3. The van der Waals surface area contributed by atoms with E-state index in [2.05, 4.69) is 179 Å². The van der Waals surface area contributed by atoms with Gasteiger partial charge in [0.1, 0.15) is 13.2 Å². The van der Waals surface area contributed by atoms with Crippen LogP contribution in [-0.2, 0) is 28.6 Å². The molecule has 0 heterocycles. The Bertz CT molecular complexity index is 1780. The molecule has 1 unspecified atom stereocenters. The van der Waals surface area contributed by atoms with Gasteiger partial charge in [-0.15, -0.1) is 0 Å². The van der Waals surface area contributed by atoms with Gasteiger partial charge in [0.2, 0.25) is 0 Å². The minimum absolute atomic E-state index is 0.106. The Labute approximate surface area is 486 Å². The van der Waals surface area contributed by atoms with Crippen molar-refractivity contribution in [1.82, 2.24) is 0 Å². The predicted molar refractivity (Wildman–Crippen MR) is 343 cm³/mol. The summed E-state index contributed by atoms with van der Waals surface area (Å²) in [5, 5.41) is 0. The van der Waals surface area contributed by atoms with Gasteiger partial charge in [-0.1, -0.05) is 256 Å². The zero-order valence-electron chi connectivity index (χ0n) is 50.8. The Kier molecular flexibility index (Phi) is 61.4. The Morgan fingerprint density at radius 2 is 0.494 bits per heavy atom. The van der Waals surface area contributed by atoms with Crippen molar-refractivity contribution >= 4 is 17.9 Å². The third kappa shape index (κ3) is 63.7. The zero-order chi connectivity index (χ0) is 57.1. The molecule has 0 saturated heterocycles. The summed E-state index contributed by atoms with van der Waals surface area (Å²) in [6.45, 7) is 6.34. The molecular formula is C73H116O6. The summed E-state index contributed by atoms with van der Waals surface area (Å²) in [6.07, 6.45) is 95.2. The van der Waals surface area contributed by atoms with Crippen LogP contribution in [0.2, 0.25) is 0 Å². The first-order valence-corrected chi connectivity index (χ1v) is 32.0. The molecule has 0 rings (SSSR count). The van der Waals surface area contributed by atoms with Crippen LogP contribution in [0, 0.1) is 0 Å². The lowest BCUT2D eigenvalue weighted by Gasteiger charge is -2.18. The number of allylic oxidation sites excluding steroid dienone is 26. The lowest BCUT2D eigenvalue weighted by Crippen LogP contribution is -2.30. The maximum Gasteiger partial charge on any atom is 0.306 e. The third-order valence-corrected chi connectivity index (χ3v) is 13.0. The number of rotatable bonds is 56. The molecule has 0 radical (unpaired) electrons. The molecule has 0 aliphatic heterocycles. The van der Waals surface area contributed by atoms with Crippen LogP contribution in [0.5, 0.6) is 0 Å². The van der Waals surface area contributed by atoms with Crippen molar-refractivity contribution in [3.05, 3.63) is 158 Å². The molecule has 0 aromatic heterocycles. The van der Waals surface area contributed by atoms with E-state index in [-0.39, 0.29) is 31.1 Å². The first-order valence-electron chi connectivity index (χ1n) is 32.0. The summed E-state index contributed by atoms with van der Waals surface area (Å²) < 4.78 is 16.9. The van der Waals surface area contributed by atoms with E-state index in [1.807, 2.05) is 0 Å². The lowest BCUT2D eigenvalue weighted by molar-refractivity contribution is -0.167. The van der Waals surface area contributed by atoms with Crippen LogP contribution in [0.3, 0.4) is 0 Å². The van der Waals surface area contributed by atoms with Gasteiger partial charge in [-0.2, -0.15) is 0 Å². The molecule has 79 heavy (non-hydrogen) atoms. The van der Waals surface area contributed by atoms with E-state index < -0.39 is 6.10 Å². The van der Waals surface area contributed by atoms with Crippen molar-refractivity contribution < 1.29 is 28.6 Å². The SMILES string of the molecule is CC/C=C\C/C=C\C/C=C\C/C=C\C/C=C\C/C=C\C/C=C\CCCCCC(=O)OCC(COC(=O)CCCCCCC/C=C\C/C=C\CCCCC)OC(=O)CCCCCCCCCC/C=C\C/C=C\C/C=C\C/C=C\CC. The minimum Gasteiger partial charge on any atom is -0.462 e. The van der Waals surface area contributed by atoms with Crippen molar-refractivity contribution in [3.8, 4) is 0 Å². The van der Waals surface area contributed by atoms with E-state index >= 15 is 0 Å². The van der Waals surface area contributed by atoms with Gasteiger partial charge in [0.05, 0.1) is 0 Å². The smallest absolute Gasteiger partial charge is 0.306 e. The molecule has 0 bridgehead atoms. The van der Waals surface area contributed by atoms with Crippen molar-refractivity contribution in [1.29, 1.82) is 0 Å².